The van der Waals surface area contributed by atoms with Crippen molar-refractivity contribution in [2.75, 3.05) is 5.32 Å². The first-order valence-corrected chi connectivity index (χ1v) is 8.75. The van der Waals surface area contributed by atoms with E-state index in [0.717, 1.165) is 12.5 Å². The van der Waals surface area contributed by atoms with Crippen molar-refractivity contribution in [3.8, 4) is 0 Å². The van der Waals surface area contributed by atoms with Crippen molar-refractivity contribution in [1.29, 1.82) is 0 Å². The Bertz CT molecular complexity index is 644. The topological polar surface area (TPSA) is 12.0 Å². The van der Waals surface area contributed by atoms with E-state index in [1.807, 2.05) is 17.1 Å². The van der Waals surface area contributed by atoms with E-state index in [0.29, 0.717) is 5.25 Å². The zero-order valence-electron chi connectivity index (χ0n) is 10.6. The van der Waals surface area contributed by atoms with Crippen molar-refractivity contribution < 1.29 is 8.78 Å². The number of halogens is 3. The van der Waals surface area contributed by atoms with Crippen LogP contribution in [0.15, 0.2) is 32.3 Å². The fraction of sp³-hybridized carbons (Fsp3) is 0.286. The zero-order valence-corrected chi connectivity index (χ0v) is 13.8. The van der Waals surface area contributed by atoms with Gasteiger partial charge in [0, 0.05) is 11.3 Å². The minimum Gasteiger partial charge on any atom is -0.376 e. The highest BCUT2D eigenvalue weighted by Gasteiger charge is 2.27. The summed E-state index contributed by atoms with van der Waals surface area (Å²) >= 11 is 6.54. The maximum atomic E-state index is 13.9. The van der Waals surface area contributed by atoms with E-state index in [1.165, 1.54) is 15.8 Å². The number of rotatable bonds is 2. The summed E-state index contributed by atoms with van der Waals surface area (Å²) in [6, 6.07) is 4.46. The van der Waals surface area contributed by atoms with Crippen LogP contribution in [0.25, 0.3) is 0 Å². The number of benzene rings is 1. The summed E-state index contributed by atoms with van der Waals surface area (Å²) in [5.74, 6) is -0.904. The predicted molar refractivity (Wildman–Crippen MR) is 84.7 cm³/mol. The van der Waals surface area contributed by atoms with Crippen molar-refractivity contribution in [1.82, 2.24) is 0 Å². The molecule has 0 fully saturated rings. The molecule has 1 aliphatic heterocycles. The van der Waals surface area contributed by atoms with Gasteiger partial charge in [-0.25, -0.2) is 8.78 Å². The molecule has 1 nitrogen and oxygen atoms in total. The molecule has 1 unspecified atom stereocenters. The number of hydrogen-bond acceptors (Lipinski definition) is 3. The molecule has 20 heavy (non-hydrogen) atoms. The van der Waals surface area contributed by atoms with Gasteiger partial charge in [-0.15, -0.1) is 23.1 Å². The van der Waals surface area contributed by atoms with Gasteiger partial charge in [0.05, 0.1) is 20.4 Å². The molecule has 1 aliphatic rings. The molecule has 2 aromatic rings. The van der Waals surface area contributed by atoms with Crippen LogP contribution in [0.1, 0.15) is 24.9 Å². The third-order valence-electron chi connectivity index (χ3n) is 3.25. The number of hydrogen-bond donors (Lipinski definition) is 1. The molecule has 0 bridgehead atoms. The molecule has 0 saturated heterocycles. The summed E-state index contributed by atoms with van der Waals surface area (Å²) in [6.07, 6.45) is 0.894. The molecule has 0 amide bonds. The van der Waals surface area contributed by atoms with Gasteiger partial charge in [-0.05, 0) is 45.4 Å². The molecule has 6 heteroatoms. The zero-order chi connectivity index (χ0) is 14.3. The van der Waals surface area contributed by atoms with Gasteiger partial charge in [-0.2, -0.15) is 0 Å². The molecule has 0 saturated carbocycles. The van der Waals surface area contributed by atoms with E-state index in [4.69, 9.17) is 0 Å². The molecule has 1 aromatic heterocycles. The third kappa shape index (κ3) is 2.73. The monoisotopic (exact) mass is 375 g/mol. The summed E-state index contributed by atoms with van der Waals surface area (Å²) < 4.78 is 28.9. The second-order valence-corrected chi connectivity index (χ2v) is 8.25. The van der Waals surface area contributed by atoms with Crippen molar-refractivity contribution in [2.24, 2.45) is 0 Å². The summed E-state index contributed by atoms with van der Waals surface area (Å²) in [5, 5.41) is 5.65. The highest BCUT2D eigenvalue weighted by atomic mass is 79.9. The predicted octanol–water partition coefficient (Wildman–Crippen LogP) is 5.83. The van der Waals surface area contributed by atoms with Gasteiger partial charge in [-0.3, -0.25) is 0 Å². The lowest BCUT2D eigenvalue weighted by Gasteiger charge is -2.28. The van der Waals surface area contributed by atoms with Crippen LogP contribution < -0.4 is 5.32 Å². The molecular weight excluding hydrogens is 364 g/mol. The summed E-state index contributed by atoms with van der Waals surface area (Å²) in [5.41, 5.74) is 1.40. The highest BCUT2D eigenvalue weighted by molar-refractivity contribution is 9.10. The van der Waals surface area contributed by atoms with Crippen LogP contribution in [0, 0.1) is 11.6 Å². The molecule has 0 spiro atoms. The fourth-order valence-electron chi connectivity index (χ4n) is 2.31. The van der Waals surface area contributed by atoms with E-state index in [9.17, 15) is 8.78 Å². The maximum Gasteiger partial charge on any atom is 0.147 e. The Balaban J connectivity index is 1.91. The standard InChI is InChI=1S/C14H12BrF2NS2/c1-7-4-12(8-2-3-19-14(8)20-7)18-13-6-10(16)9(15)5-11(13)17/h2-3,5-7,12,18H,4H2,1H3/t7-,12?/m0/s1. The SMILES string of the molecule is C[C@H]1CC(Nc2cc(F)c(Br)cc2F)c2ccsc2S1. The first-order valence-electron chi connectivity index (χ1n) is 6.19. The van der Waals surface area contributed by atoms with Gasteiger partial charge < -0.3 is 5.32 Å². The normalized spacial score (nSPS) is 21.6. The van der Waals surface area contributed by atoms with E-state index in [-0.39, 0.29) is 16.2 Å². The van der Waals surface area contributed by atoms with Crippen molar-refractivity contribution in [3.05, 3.63) is 45.2 Å². The molecule has 0 radical (unpaired) electrons. The lowest BCUT2D eigenvalue weighted by molar-refractivity contribution is 0.589. The Morgan fingerprint density at radius 1 is 1.30 bits per heavy atom. The number of thioether (sulfide) groups is 1. The van der Waals surface area contributed by atoms with Crippen LogP contribution in [0.5, 0.6) is 0 Å². The fourth-order valence-corrected chi connectivity index (χ4v) is 5.19. The minimum absolute atomic E-state index is 0.0302. The van der Waals surface area contributed by atoms with Crippen LogP contribution in [-0.4, -0.2) is 5.25 Å². The van der Waals surface area contributed by atoms with Crippen molar-refractivity contribution in [3.63, 3.8) is 0 Å². The molecule has 2 atom stereocenters. The molecule has 1 N–H and O–H groups in total. The Hall–Kier alpha value is -0.590. The third-order valence-corrected chi connectivity index (χ3v) is 6.20. The molecule has 2 heterocycles. The van der Waals surface area contributed by atoms with E-state index in [1.54, 1.807) is 11.3 Å². The van der Waals surface area contributed by atoms with Crippen molar-refractivity contribution in [2.45, 2.75) is 28.8 Å². The van der Waals surface area contributed by atoms with Gasteiger partial charge in [0.2, 0.25) is 0 Å². The Morgan fingerprint density at radius 3 is 2.90 bits per heavy atom. The van der Waals surface area contributed by atoms with Crippen LogP contribution in [0.3, 0.4) is 0 Å². The van der Waals surface area contributed by atoms with Gasteiger partial charge in [0.25, 0.3) is 0 Å². The van der Waals surface area contributed by atoms with Crippen LogP contribution in [-0.2, 0) is 0 Å². The molecule has 3 rings (SSSR count). The lowest BCUT2D eigenvalue weighted by Crippen LogP contribution is -2.19. The number of nitrogens with one attached hydrogen (secondary N) is 1. The molecule has 106 valence electrons. The second kappa shape index (κ2) is 5.66. The molecular formula is C14H12BrF2NS2. The number of thiophene rings is 1. The van der Waals surface area contributed by atoms with Gasteiger partial charge in [-0.1, -0.05) is 6.92 Å². The summed E-state index contributed by atoms with van der Waals surface area (Å²) in [4.78, 5) is 0. The Morgan fingerprint density at radius 2 is 2.10 bits per heavy atom. The van der Waals surface area contributed by atoms with Crippen LogP contribution in [0.4, 0.5) is 14.5 Å². The Kier molecular flexibility index (Phi) is 4.06. The van der Waals surface area contributed by atoms with Crippen LogP contribution >= 0.6 is 39.0 Å². The average Bonchev–Trinajstić information content (AvgIpc) is 2.84. The Labute approximate surface area is 132 Å². The van der Waals surface area contributed by atoms with Gasteiger partial charge >= 0.3 is 0 Å². The van der Waals surface area contributed by atoms with E-state index >= 15 is 0 Å². The van der Waals surface area contributed by atoms with Crippen molar-refractivity contribution >= 4 is 44.7 Å². The number of anilines is 1. The maximum absolute atomic E-state index is 13.9. The average molecular weight is 376 g/mol. The number of fused-ring (bicyclic) bond motifs is 1. The highest BCUT2D eigenvalue weighted by Crippen LogP contribution is 2.45. The van der Waals surface area contributed by atoms with E-state index in [2.05, 4.69) is 34.2 Å². The van der Waals surface area contributed by atoms with E-state index < -0.39 is 11.6 Å². The first kappa shape index (κ1) is 14.4. The van der Waals surface area contributed by atoms with Gasteiger partial charge in [0.15, 0.2) is 0 Å². The first-order chi connectivity index (χ1) is 9.54. The summed E-state index contributed by atoms with van der Waals surface area (Å²) in [6.45, 7) is 2.15. The molecule has 0 aliphatic carbocycles. The summed E-state index contributed by atoms with van der Waals surface area (Å²) in [7, 11) is 0. The lowest BCUT2D eigenvalue weighted by atomic mass is 10.0. The molecule has 1 aromatic carbocycles. The smallest absolute Gasteiger partial charge is 0.147 e. The minimum atomic E-state index is -0.460. The largest absolute Gasteiger partial charge is 0.376 e. The van der Waals surface area contributed by atoms with Gasteiger partial charge in [0.1, 0.15) is 11.6 Å². The van der Waals surface area contributed by atoms with Crippen LogP contribution in [0.2, 0.25) is 0 Å². The quantitative estimate of drug-likeness (QED) is 0.663. The second-order valence-electron chi connectivity index (χ2n) is 4.77.